The smallest absolute Gasteiger partial charge is 0.235 e. The summed E-state index contributed by atoms with van der Waals surface area (Å²) in [7, 11) is -3.28. The number of anilines is 2. The number of fused-ring (bicyclic) bond motifs is 1. The van der Waals surface area contributed by atoms with Crippen molar-refractivity contribution in [2.75, 3.05) is 21.9 Å². The van der Waals surface area contributed by atoms with Crippen molar-refractivity contribution >= 4 is 27.3 Å². The molecule has 1 aromatic rings. The van der Waals surface area contributed by atoms with Crippen molar-refractivity contribution in [1.29, 1.82) is 0 Å². The molecule has 5 nitrogen and oxygen atoms in total. The fraction of sp³-hybridized carbons (Fsp3) is 0.562. The Labute approximate surface area is 131 Å². The third-order valence-corrected chi connectivity index (χ3v) is 6.15. The first kappa shape index (κ1) is 15.3. The number of hydrogen-bond acceptors (Lipinski definition) is 3. The number of benzene rings is 1. The minimum Gasteiger partial charge on any atom is -0.326 e. The first-order chi connectivity index (χ1) is 10.5. The van der Waals surface area contributed by atoms with Crippen LogP contribution in [0.4, 0.5) is 11.4 Å². The summed E-state index contributed by atoms with van der Waals surface area (Å²) in [4.78, 5) is 11.9. The second-order valence-corrected chi connectivity index (χ2v) is 8.11. The quantitative estimate of drug-likeness (QED) is 0.906. The number of aryl methyl sites for hydroxylation is 1. The molecule has 0 radical (unpaired) electrons. The van der Waals surface area contributed by atoms with E-state index >= 15 is 0 Å². The molecule has 0 saturated heterocycles. The molecule has 1 fully saturated rings. The number of carbonyl (C=O) groups is 1. The van der Waals surface area contributed by atoms with Gasteiger partial charge in [0.1, 0.15) is 0 Å². The average molecular weight is 322 g/mol. The summed E-state index contributed by atoms with van der Waals surface area (Å²) >= 11 is 0. The van der Waals surface area contributed by atoms with Crippen LogP contribution < -0.4 is 9.62 Å². The van der Waals surface area contributed by atoms with Crippen molar-refractivity contribution < 1.29 is 13.2 Å². The van der Waals surface area contributed by atoms with E-state index in [9.17, 15) is 13.2 Å². The van der Waals surface area contributed by atoms with E-state index in [2.05, 4.69) is 5.32 Å². The maximum atomic E-state index is 12.4. The first-order valence-corrected chi connectivity index (χ1v) is 9.56. The standard InChI is InChI=1S/C16H22N2O3S/c1-2-10-22(20,21)18-9-3-4-12-7-8-14(11-15(12)18)17-16(19)13-5-6-13/h7-8,11,13H,2-6,9-10H2,1H3,(H,17,19). The maximum absolute atomic E-state index is 12.4. The zero-order chi connectivity index (χ0) is 15.7. The lowest BCUT2D eigenvalue weighted by atomic mass is 10.0. The molecule has 1 saturated carbocycles. The van der Waals surface area contributed by atoms with E-state index in [-0.39, 0.29) is 17.6 Å². The van der Waals surface area contributed by atoms with Gasteiger partial charge in [0.25, 0.3) is 0 Å². The molecule has 1 heterocycles. The Morgan fingerprint density at radius 1 is 1.36 bits per heavy atom. The van der Waals surface area contributed by atoms with Crippen LogP contribution in [-0.4, -0.2) is 26.6 Å². The Bertz CT molecular complexity index is 681. The van der Waals surface area contributed by atoms with Crippen molar-refractivity contribution in [2.45, 2.75) is 39.0 Å². The van der Waals surface area contributed by atoms with Gasteiger partial charge in [-0.3, -0.25) is 9.10 Å². The van der Waals surface area contributed by atoms with E-state index in [0.717, 1.165) is 36.9 Å². The third-order valence-electron chi connectivity index (χ3n) is 4.17. The van der Waals surface area contributed by atoms with Crippen LogP contribution in [-0.2, 0) is 21.2 Å². The highest BCUT2D eigenvalue weighted by Crippen LogP contribution is 2.34. The molecule has 3 rings (SSSR count). The van der Waals surface area contributed by atoms with E-state index in [1.54, 1.807) is 0 Å². The summed E-state index contributed by atoms with van der Waals surface area (Å²) in [5, 5.41) is 2.90. The van der Waals surface area contributed by atoms with Gasteiger partial charge in [-0.2, -0.15) is 0 Å². The van der Waals surface area contributed by atoms with Gasteiger partial charge in [-0.25, -0.2) is 8.42 Å². The summed E-state index contributed by atoms with van der Waals surface area (Å²) in [6.45, 7) is 2.39. The van der Waals surface area contributed by atoms with Crippen molar-refractivity contribution in [3.8, 4) is 0 Å². The molecule has 2 aliphatic rings. The van der Waals surface area contributed by atoms with E-state index in [0.29, 0.717) is 18.7 Å². The number of sulfonamides is 1. The molecular weight excluding hydrogens is 300 g/mol. The second-order valence-electron chi connectivity index (χ2n) is 6.10. The van der Waals surface area contributed by atoms with Gasteiger partial charge in [-0.1, -0.05) is 13.0 Å². The zero-order valence-corrected chi connectivity index (χ0v) is 13.7. The SMILES string of the molecule is CCCS(=O)(=O)N1CCCc2ccc(NC(=O)C3CC3)cc21. The highest BCUT2D eigenvalue weighted by atomic mass is 32.2. The van der Waals surface area contributed by atoms with Gasteiger partial charge in [0.05, 0.1) is 11.4 Å². The molecule has 1 aliphatic carbocycles. The Kier molecular flexibility index (Phi) is 4.12. The number of rotatable bonds is 5. The van der Waals surface area contributed by atoms with E-state index in [1.165, 1.54) is 4.31 Å². The Morgan fingerprint density at radius 3 is 2.82 bits per heavy atom. The summed E-state index contributed by atoms with van der Waals surface area (Å²) in [5.74, 6) is 0.333. The molecular formula is C16H22N2O3S. The van der Waals surface area contributed by atoms with Crippen LogP contribution in [0.3, 0.4) is 0 Å². The number of carbonyl (C=O) groups excluding carboxylic acids is 1. The number of amides is 1. The first-order valence-electron chi connectivity index (χ1n) is 7.95. The lowest BCUT2D eigenvalue weighted by Crippen LogP contribution is -2.37. The zero-order valence-electron chi connectivity index (χ0n) is 12.8. The van der Waals surface area contributed by atoms with Crippen molar-refractivity contribution in [1.82, 2.24) is 0 Å². The molecule has 120 valence electrons. The van der Waals surface area contributed by atoms with E-state index in [4.69, 9.17) is 0 Å². The van der Waals surface area contributed by atoms with Crippen LogP contribution in [0.5, 0.6) is 0 Å². The predicted molar refractivity (Wildman–Crippen MR) is 87.5 cm³/mol. The van der Waals surface area contributed by atoms with Crippen LogP contribution in [0.15, 0.2) is 18.2 Å². The summed E-state index contributed by atoms with van der Waals surface area (Å²) in [6, 6.07) is 5.61. The average Bonchev–Trinajstić information content (AvgIpc) is 3.31. The Balaban J connectivity index is 1.88. The fourth-order valence-electron chi connectivity index (χ4n) is 2.87. The summed E-state index contributed by atoms with van der Waals surface area (Å²) in [5.41, 5.74) is 2.46. The van der Waals surface area contributed by atoms with Crippen LogP contribution in [0.2, 0.25) is 0 Å². The molecule has 6 heteroatoms. The minimum atomic E-state index is -3.28. The molecule has 1 amide bonds. The molecule has 0 bridgehead atoms. The summed E-state index contributed by atoms with van der Waals surface area (Å²) in [6.07, 6.45) is 4.22. The van der Waals surface area contributed by atoms with Crippen LogP contribution in [0.25, 0.3) is 0 Å². The molecule has 0 spiro atoms. The molecule has 0 aromatic heterocycles. The topological polar surface area (TPSA) is 66.5 Å². The lowest BCUT2D eigenvalue weighted by molar-refractivity contribution is -0.117. The largest absolute Gasteiger partial charge is 0.326 e. The van der Waals surface area contributed by atoms with Crippen LogP contribution in [0, 0.1) is 5.92 Å². The normalized spacial score (nSPS) is 18.0. The van der Waals surface area contributed by atoms with Crippen molar-refractivity contribution in [3.63, 3.8) is 0 Å². The third kappa shape index (κ3) is 3.11. The fourth-order valence-corrected chi connectivity index (χ4v) is 4.48. The number of nitrogens with zero attached hydrogens (tertiary/aromatic N) is 1. The van der Waals surface area contributed by atoms with Crippen LogP contribution in [0.1, 0.15) is 38.2 Å². The van der Waals surface area contributed by atoms with Gasteiger partial charge in [-0.05, 0) is 49.8 Å². The van der Waals surface area contributed by atoms with Crippen molar-refractivity contribution in [3.05, 3.63) is 23.8 Å². The maximum Gasteiger partial charge on any atom is 0.235 e. The Hall–Kier alpha value is -1.56. The van der Waals surface area contributed by atoms with E-state index in [1.807, 2.05) is 25.1 Å². The van der Waals surface area contributed by atoms with Gasteiger partial charge in [0.15, 0.2) is 0 Å². The van der Waals surface area contributed by atoms with Gasteiger partial charge >= 0.3 is 0 Å². The highest BCUT2D eigenvalue weighted by molar-refractivity contribution is 7.92. The highest BCUT2D eigenvalue weighted by Gasteiger charge is 2.30. The molecule has 1 N–H and O–H groups in total. The number of nitrogens with one attached hydrogen (secondary N) is 1. The van der Waals surface area contributed by atoms with Gasteiger partial charge in [0.2, 0.25) is 15.9 Å². The molecule has 1 aliphatic heterocycles. The van der Waals surface area contributed by atoms with Gasteiger partial charge in [0, 0.05) is 18.2 Å². The summed E-state index contributed by atoms with van der Waals surface area (Å²) < 4.78 is 26.4. The predicted octanol–water partition coefficient (Wildman–Crippen LogP) is 2.53. The monoisotopic (exact) mass is 322 g/mol. The Morgan fingerprint density at radius 2 is 2.14 bits per heavy atom. The van der Waals surface area contributed by atoms with Crippen LogP contribution >= 0.6 is 0 Å². The lowest BCUT2D eigenvalue weighted by Gasteiger charge is -2.31. The minimum absolute atomic E-state index is 0.0405. The molecule has 0 atom stereocenters. The van der Waals surface area contributed by atoms with E-state index < -0.39 is 10.0 Å². The van der Waals surface area contributed by atoms with Gasteiger partial charge < -0.3 is 5.32 Å². The van der Waals surface area contributed by atoms with Crippen molar-refractivity contribution in [2.24, 2.45) is 5.92 Å². The molecule has 22 heavy (non-hydrogen) atoms. The molecule has 0 unspecified atom stereocenters. The second kappa shape index (κ2) is 5.91. The molecule has 1 aromatic carbocycles. The van der Waals surface area contributed by atoms with Gasteiger partial charge in [-0.15, -0.1) is 0 Å². The number of hydrogen-bond donors (Lipinski definition) is 1.